The van der Waals surface area contributed by atoms with Crippen LogP contribution in [0.3, 0.4) is 0 Å². The van der Waals surface area contributed by atoms with Crippen LogP contribution in [0.4, 0.5) is 17.1 Å². The maximum atomic E-state index is 12.1. The Hall–Kier alpha value is -3.00. The van der Waals surface area contributed by atoms with Crippen LogP contribution in [0.5, 0.6) is 11.5 Å². The highest BCUT2D eigenvalue weighted by molar-refractivity contribution is 6.30. The summed E-state index contributed by atoms with van der Waals surface area (Å²) in [4.78, 5) is 22.5. The number of anilines is 2. The van der Waals surface area contributed by atoms with Crippen molar-refractivity contribution in [3.05, 3.63) is 51.5 Å². The van der Waals surface area contributed by atoms with Gasteiger partial charge in [0.15, 0.2) is 0 Å². The number of nitrogens with zero attached hydrogens (tertiary/aromatic N) is 1. The van der Waals surface area contributed by atoms with Crippen LogP contribution in [0.2, 0.25) is 5.02 Å². The SMILES string of the molecule is COc1ccc(Cl)cc1NCC(=O)Nc1cc([N+](=O)[O-])ccc1OC. The van der Waals surface area contributed by atoms with Gasteiger partial charge in [0, 0.05) is 17.2 Å². The van der Waals surface area contributed by atoms with E-state index >= 15 is 0 Å². The standard InChI is InChI=1S/C16H16ClN3O5/c1-24-14-5-3-10(17)7-12(14)18-9-16(21)19-13-8-11(20(22)23)4-6-15(13)25-2/h3-8,18H,9H2,1-2H3,(H,19,21). The maximum Gasteiger partial charge on any atom is 0.271 e. The summed E-state index contributed by atoms with van der Waals surface area (Å²) >= 11 is 5.93. The number of halogens is 1. The Bertz CT molecular complexity index is 797. The summed E-state index contributed by atoms with van der Waals surface area (Å²) in [7, 11) is 2.91. The molecule has 0 aliphatic rings. The minimum Gasteiger partial charge on any atom is -0.495 e. The third-order valence-electron chi connectivity index (χ3n) is 3.27. The van der Waals surface area contributed by atoms with Crippen molar-refractivity contribution in [1.82, 2.24) is 0 Å². The van der Waals surface area contributed by atoms with Gasteiger partial charge in [-0.2, -0.15) is 0 Å². The zero-order valence-corrected chi connectivity index (χ0v) is 14.3. The van der Waals surface area contributed by atoms with Crippen molar-refractivity contribution in [1.29, 1.82) is 0 Å². The second-order valence-corrected chi connectivity index (χ2v) is 5.32. The number of ether oxygens (including phenoxy) is 2. The lowest BCUT2D eigenvalue weighted by Gasteiger charge is -2.13. The lowest BCUT2D eigenvalue weighted by Crippen LogP contribution is -2.22. The molecule has 1 amide bonds. The van der Waals surface area contributed by atoms with Crippen molar-refractivity contribution in [2.24, 2.45) is 0 Å². The van der Waals surface area contributed by atoms with Gasteiger partial charge in [-0.3, -0.25) is 14.9 Å². The second-order valence-electron chi connectivity index (χ2n) is 4.89. The fourth-order valence-electron chi connectivity index (χ4n) is 2.10. The molecule has 2 aromatic carbocycles. The van der Waals surface area contributed by atoms with E-state index in [1.165, 1.54) is 32.4 Å². The Morgan fingerprint density at radius 1 is 1.12 bits per heavy atom. The summed E-state index contributed by atoms with van der Waals surface area (Å²) in [6, 6.07) is 8.91. The topological polar surface area (TPSA) is 103 Å². The minimum absolute atomic E-state index is 0.0947. The molecule has 2 aromatic rings. The van der Waals surface area contributed by atoms with Gasteiger partial charge in [0.05, 0.1) is 37.1 Å². The third-order valence-corrected chi connectivity index (χ3v) is 3.50. The number of rotatable bonds is 7. The molecule has 0 radical (unpaired) electrons. The number of nitrogens with one attached hydrogen (secondary N) is 2. The van der Waals surface area contributed by atoms with Crippen molar-refractivity contribution in [2.45, 2.75) is 0 Å². The van der Waals surface area contributed by atoms with E-state index in [-0.39, 0.29) is 17.9 Å². The van der Waals surface area contributed by atoms with Gasteiger partial charge in [-0.05, 0) is 24.3 Å². The quantitative estimate of drug-likeness (QED) is 0.576. The summed E-state index contributed by atoms with van der Waals surface area (Å²) < 4.78 is 10.3. The number of non-ortho nitro benzene ring substituents is 1. The van der Waals surface area contributed by atoms with Crippen LogP contribution in [0.1, 0.15) is 0 Å². The molecule has 2 N–H and O–H groups in total. The van der Waals surface area contributed by atoms with Gasteiger partial charge in [0.2, 0.25) is 5.91 Å². The van der Waals surface area contributed by atoms with E-state index in [1.807, 2.05) is 0 Å². The number of nitro benzene ring substituents is 1. The summed E-state index contributed by atoms with van der Waals surface area (Å²) in [5, 5.41) is 16.8. The molecule has 0 heterocycles. The Balaban J connectivity index is 2.09. The number of amides is 1. The van der Waals surface area contributed by atoms with Gasteiger partial charge in [0.25, 0.3) is 5.69 Å². The van der Waals surface area contributed by atoms with Gasteiger partial charge in [0.1, 0.15) is 11.5 Å². The Kier molecular flexibility index (Phi) is 6.02. The molecule has 0 unspecified atom stereocenters. The Labute approximate surface area is 148 Å². The summed E-state index contributed by atoms with van der Waals surface area (Å²) in [5.41, 5.74) is 0.610. The summed E-state index contributed by atoms with van der Waals surface area (Å²) in [6.07, 6.45) is 0. The molecule has 0 aliphatic heterocycles. The molecule has 0 aromatic heterocycles. The van der Waals surface area contributed by atoms with Crippen molar-refractivity contribution >= 4 is 34.6 Å². The highest BCUT2D eigenvalue weighted by atomic mass is 35.5. The number of hydrogen-bond acceptors (Lipinski definition) is 6. The molecule has 8 nitrogen and oxygen atoms in total. The predicted molar refractivity (Wildman–Crippen MR) is 94.8 cm³/mol. The van der Waals surface area contributed by atoms with Gasteiger partial charge < -0.3 is 20.1 Å². The highest BCUT2D eigenvalue weighted by Crippen LogP contribution is 2.29. The van der Waals surface area contributed by atoms with Crippen molar-refractivity contribution in [3.63, 3.8) is 0 Å². The Morgan fingerprint density at radius 2 is 1.76 bits per heavy atom. The first-order valence-electron chi connectivity index (χ1n) is 7.14. The molecule has 0 atom stereocenters. The minimum atomic E-state index is -0.551. The molecule has 132 valence electrons. The normalized spacial score (nSPS) is 10.0. The summed E-state index contributed by atoms with van der Waals surface area (Å²) in [5.74, 6) is 0.435. The van der Waals surface area contributed by atoms with Gasteiger partial charge in [-0.1, -0.05) is 11.6 Å². The number of benzene rings is 2. The zero-order chi connectivity index (χ0) is 18.4. The van der Waals surface area contributed by atoms with Gasteiger partial charge >= 0.3 is 0 Å². The van der Waals surface area contributed by atoms with E-state index in [4.69, 9.17) is 21.1 Å². The number of hydrogen-bond donors (Lipinski definition) is 2. The fraction of sp³-hybridized carbons (Fsp3) is 0.188. The van der Waals surface area contributed by atoms with E-state index in [9.17, 15) is 14.9 Å². The van der Waals surface area contributed by atoms with Gasteiger partial charge in [-0.25, -0.2) is 0 Å². The maximum absolute atomic E-state index is 12.1. The molecule has 0 bridgehead atoms. The number of nitro groups is 1. The number of methoxy groups -OCH3 is 2. The average Bonchev–Trinajstić information content (AvgIpc) is 2.60. The predicted octanol–water partition coefficient (Wildman–Crippen LogP) is 3.32. The first-order chi connectivity index (χ1) is 11.9. The largest absolute Gasteiger partial charge is 0.495 e. The Morgan fingerprint density at radius 3 is 2.40 bits per heavy atom. The highest BCUT2D eigenvalue weighted by Gasteiger charge is 2.14. The van der Waals surface area contributed by atoms with Crippen LogP contribution < -0.4 is 20.1 Å². The van der Waals surface area contributed by atoms with E-state index in [0.717, 1.165) is 0 Å². The first kappa shape index (κ1) is 18.3. The fourth-order valence-corrected chi connectivity index (χ4v) is 2.27. The molecule has 0 aliphatic carbocycles. The zero-order valence-electron chi connectivity index (χ0n) is 13.5. The molecule has 0 saturated heterocycles. The van der Waals surface area contributed by atoms with Crippen LogP contribution in [0.15, 0.2) is 36.4 Å². The monoisotopic (exact) mass is 365 g/mol. The van der Waals surface area contributed by atoms with Crippen molar-refractivity contribution < 1.29 is 19.2 Å². The molecular weight excluding hydrogens is 350 g/mol. The molecule has 0 fully saturated rings. The van der Waals surface area contributed by atoms with E-state index in [1.54, 1.807) is 18.2 Å². The average molecular weight is 366 g/mol. The first-order valence-corrected chi connectivity index (χ1v) is 7.52. The number of carbonyl (C=O) groups excluding carboxylic acids is 1. The molecular formula is C16H16ClN3O5. The van der Waals surface area contributed by atoms with Crippen molar-refractivity contribution in [3.8, 4) is 11.5 Å². The molecule has 0 saturated carbocycles. The van der Waals surface area contributed by atoms with E-state index in [0.29, 0.717) is 22.2 Å². The van der Waals surface area contributed by atoms with Crippen LogP contribution in [-0.4, -0.2) is 31.6 Å². The van der Waals surface area contributed by atoms with Crippen molar-refractivity contribution in [2.75, 3.05) is 31.4 Å². The van der Waals surface area contributed by atoms with Crippen LogP contribution >= 0.6 is 11.6 Å². The lowest BCUT2D eigenvalue weighted by atomic mass is 10.2. The van der Waals surface area contributed by atoms with E-state index in [2.05, 4.69) is 10.6 Å². The van der Waals surface area contributed by atoms with Gasteiger partial charge in [-0.15, -0.1) is 0 Å². The number of carbonyl (C=O) groups is 1. The molecule has 25 heavy (non-hydrogen) atoms. The lowest BCUT2D eigenvalue weighted by molar-refractivity contribution is -0.384. The molecule has 0 spiro atoms. The summed E-state index contributed by atoms with van der Waals surface area (Å²) in [6.45, 7) is -0.0947. The van der Waals surface area contributed by atoms with Crippen LogP contribution in [0, 0.1) is 10.1 Å². The second kappa shape index (κ2) is 8.20. The molecule has 2 rings (SSSR count). The molecule has 9 heteroatoms. The third kappa shape index (κ3) is 4.74. The van der Waals surface area contributed by atoms with E-state index < -0.39 is 10.8 Å². The smallest absolute Gasteiger partial charge is 0.271 e. The van der Waals surface area contributed by atoms with Crippen LogP contribution in [0.25, 0.3) is 0 Å². The van der Waals surface area contributed by atoms with Crippen LogP contribution in [-0.2, 0) is 4.79 Å².